The topological polar surface area (TPSA) is 20.2 Å². The Morgan fingerprint density at radius 1 is 0.792 bits per heavy atom. The van der Waals surface area contributed by atoms with Gasteiger partial charge in [-0.05, 0) is 78.4 Å². The highest BCUT2D eigenvalue weighted by Gasteiger charge is 2.50. The highest BCUT2D eigenvalue weighted by atomic mass is 16.3. The number of rotatable bonds is 5. The Morgan fingerprint density at radius 3 is 1.46 bits per heavy atom. The predicted octanol–water partition coefficient (Wildman–Crippen LogP) is 6.40. The van der Waals surface area contributed by atoms with Crippen LogP contribution in [0.5, 0.6) is 0 Å². The molecule has 1 N–H and O–H groups in total. The molecule has 6 unspecified atom stereocenters. The molecule has 2 aliphatic carbocycles. The molecule has 0 aliphatic heterocycles. The molecule has 0 amide bonds. The van der Waals surface area contributed by atoms with Gasteiger partial charge in [0.2, 0.25) is 0 Å². The number of hydrogen-bond donors (Lipinski definition) is 1. The van der Waals surface area contributed by atoms with E-state index in [0.717, 1.165) is 35.5 Å². The van der Waals surface area contributed by atoms with Gasteiger partial charge in [-0.15, -0.1) is 0 Å². The molecule has 0 spiro atoms. The molecule has 2 rings (SSSR count). The van der Waals surface area contributed by atoms with Crippen LogP contribution < -0.4 is 0 Å². The summed E-state index contributed by atoms with van der Waals surface area (Å²) in [7, 11) is 0. The lowest BCUT2D eigenvalue weighted by molar-refractivity contribution is -0.0897. The largest absolute Gasteiger partial charge is 0.396 e. The zero-order valence-corrected chi connectivity index (χ0v) is 17.5. The van der Waals surface area contributed by atoms with Crippen LogP contribution in [0.1, 0.15) is 87.0 Å². The Hall–Kier alpha value is -0.0400. The van der Waals surface area contributed by atoms with Crippen molar-refractivity contribution in [2.75, 3.05) is 6.61 Å². The van der Waals surface area contributed by atoms with Gasteiger partial charge >= 0.3 is 0 Å². The van der Waals surface area contributed by atoms with Gasteiger partial charge in [0.05, 0.1) is 0 Å². The number of aliphatic hydroxyl groups is 1. The van der Waals surface area contributed by atoms with Crippen LogP contribution in [0.4, 0.5) is 0 Å². The predicted molar refractivity (Wildman–Crippen MR) is 105 cm³/mol. The van der Waals surface area contributed by atoms with Gasteiger partial charge in [0, 0.05) is 6.61 Å². The van der Waals surface area contributed by atoms with Crippen LogP contribution in [-0.4, -0.2) is 11.7 Å². The maximum Gasteiger partial charge on any atom is 0.0490 e. The third-order valence-electron chi connectivity index (χ3n) is 8.08. The quantitative estimate of drug-likeness (QED) is 0.615. The summed E-state index contributed by atoms with van der Waals surface area (Å²) < 4.78 is 0. The van der Waals surface area contributed by atoms with Gasteiger partial charge in [-0.2, -0.15) is 0 Å². The van der Waals surface area contributed by atoms with Crippen LogP contribution in [0, 0.1) is 52.8 Å². The maximum absolute atomic E-state index is 10.7. The zero-order valence-electron chi connectivity index (χ0n) is 17.5. The van der Waals surface area contributed by atoms with Crippen LogP contribution in [-0.2, 0) is 0 Å². The molecule has 6 atom stereocenters. The summed E-state index contributed by atoms with van der Waals surface area (Å²) in [5.74, 6) is 6.12. The average molecular weight is 337 g/mol. The third kappa shape index (κ3) is 4.02. The Balaban J connectivity index is 2.35. The standard InChI is InChI=1S/C23H44O/c1-15(2)19-10-8-17(5)12-21(19)23(7,14-24)22-13-18(6)9-11-20(22)16(3)4/h15-22,24H,8-14H2,1-7H3. The van der Waals surface area contributed by atoms with E-state index in [4.69, 9.17) is 0 Å². The minimum atomic E-state index is 0.104. The van der Waals surface area contributed by atoms with E-state index in [9.17, 15) is 5.11 Å². The van der Waals surface area contributed by atoms with Gasteiger partial charge in [-0.25, -0.2) is 0 Å². The van der Waals surface area contributed by atoms with Crippen molar-refractivity contribution >= 4 is 0 Å². The second kappa shape index (κ2) is 8.11. The van der Waals surface area contributed by atoms with Crippen molar-refractivity contribution in [1.82, 2.24) is 0 Å². The minimum absolute atomic E-state index is 0.104. The molecule has 2 aliphatic rings. The fourth-order valence-electron chi connectivity index (χ4n) is 6.43. The van der Waals surface area contributed by atoms with Crippen molar-refractivity contribution in [2.24, 2.45) is 52.8 Å². The van der Waals surface area contributed by atoms with Gasteiger partial charge in [-0.1, -0.05) is 61.3 Å². The molecular formula is C23H44O. The van der Waals surface area contributed by atoms with E-state index < -0.39 is 0 Å². The lowest BCUT2D eigenvalue weighted by atomic mass is 9.50. The first-order valence-corrected chi connectivity index (χ1v) is 10.8. The van der Waals surface area contributed by atoms with E-state index in [1.807, 2.05) is 0 Å². The van der Waals surface area contributed by atoms with Crippen molar-refractivity contribution in [1.29, 1.82) is 0 Å². The average Bonchev–Trinajstić information content (AvgIpc) is 2.53. The summed E-state index contributed by atoms with van der Waals surface area (Å²) in [5, 5.41) is 10.7. The van der Waals surface area contributed by atoms with E-state index in [-0.39, 0.29) is 5.41 Å². The van der Waals surface area contributed by atoms with Gasteiger partial charge < -0.3 is 5.11 Å². The van der Waals surface area contributed by atoms with E-state index in [2.05, 4.69) is 48.5 Å². The summed E-state index contributed by atoms with van der Waals surface area (Å²) in [4.78, 5) is 0. The molecule has 1 nitrogen and oxygen atoms in total. The van der Waals surface area contributed by atoms with Gasteiger partial charge in [0.1, 0.15) is 0 Å². The van der Waals surface area contributed by atoms with Crippen molar-refractivity contribution in [2.45, 2.75) is 87.0 Å². The Morgan fingerprint density at radius 2 is 1.17 bits per heavy atom. The second-order valence-corrected chi connectivity index (χ2v) is 10.5. The number of aliphatic hydroxyl groups excluding tert-OH is 1. The Kier molecular flexibility index (Phi) is 6.85. The molecule has 142 valence electrons. The van der Waals surface area contributed by atoms with Crippen LogP contribution >= 0.6 is 0 Å². The summed E-state index contributed by atoms with van der Waals surface area (Å²) in [6, 6.07) is 0. The molecule has 0 heterocycles. The van der Waals surface area contributed by atoms with E-state index >= 15 is 0 Å². The SMILES string of the molecule is CC1CCC(C(C)C)C(C(C)(CO)C2CC(C)CCC2C(C)C)C1. The Labute approximate surface area is 152 Å². The first-order chi connectivity index (χ1) is 11.2. The van der Waals surface area contributed by atoms with Crippen LogP contribution in [0.25, 0.3) is 0 Å². The van der Waals surface area contributed by atoms with Crippen molar-refractivity contribution in [3.05, 3.63) is 0 Å². The molecule has 2 saturated carbocycles. The summed E-state index contributed by atoms with van der Waals surface area (Å²) in [5.41, 5.74) is 0.104. The van der Waals surface area contributed by atoms with E-state index in [0.29, 0.717) is 18.4 Å². The van der Waals surface area contributed by atoms with E-state index in [1.54, 1.807) is 0 Å². The molecule has 0 radical (unpaired) electrons. The first-order valence-electron chi connectivity index (χ1n) is 10.8. The fraction of sp³-hybridized carbons (Fsp3) is 1.00. The minimum Gasteiger partial charge on any atom is -0.396 e. The highest BCUT2D eigenvalue weighted by molar-refractivity contribution is 4.99. The van der Waals surface area contributed by atoms with Crippen LogP contribution in [0.15, 0.2) is 0 Å². The molecule has 2 fully saturated rings. The molecule has 0 aromatic heterocycles. The maximum atomic E-state index is 10.7. The molecule has 1 heteroatoms. The third-order valence-corrected chi connectivity index (χ3v) is 8.08. The second-order valence-electron chi connectivity index (χ2n) is 10.5. The highest BCUT2D eigenvalue weighted by Crippen LogP contribution is 2.56. The van der Waals surface area contributed by atoms with Crippen molar-refractivity contribution < 1.29 is 5.11 Å². The summed E-state index contributed by atoms with van der Waals surface area (Å²) in [6.07, 6.45) is 8.16. The molecule has 0 saturated heterocycles. The summed E-state index contributed by atoms with van der Waals surface area (Å²) >= 11 is 0. The lowest BCUT2D eigenvalue weighted by Gasteiger charge is -2.55. The number of hydrogen-bond acceptors (Lipinski definition) is 1. The molecule has 0 aromatic rings. The van der Waals surface area contributed by atoms with Crippen LogP contribution in [0.3, 0.4) is 0 Å². The summed E-state index contributed by atoms with van der Waals surface area (Å²) in [6.45, 7) is 17.4. The van der Waals surface area contributed by atoms with Gasteiger partial charge in [0.25, 0.3) is 0 Å². The van der Waals surface area contributed by atoms with Gasteiger partial charge in [0.15, 0.2) is 0 Å². The monoisotopic (exact) mass is 336 g/mol. The lowest BCUT2D eigenvalue weighted by Crippen LogP contribution is -2.50. The fourth-order valence-corrected chi connectivity index (χ4v) is 6.43. The Bertz CT molecular complexity index is 353. The zero-order chi connectivity index (χ0) is 18.1. The first kappa shape index (κ1) is 20.3. The normalized spacial score (nSPS) is 40.8. The molecular weight excluding hydrogens is 292 g/mol. The van der Waals surface area contributed by atoms with E-state index in [1.165, 1.54) is 38.5 Å². The van der Waals surface area contributed by atoms with Crippen molar-refractivity contribution in [3.63, 3.8) is 0 Å². The van der Waals surface area contributed by atoms with Crippen molar-refractivity contribution in [3.8, 4) is 0 Å². The van der Waals surface area contributed by atoms with Crippen LogP contribution in [0.2, 0.25) is 0 Å². The smallest absolute Gasteiger partial charge is 0.0490 e. The van der Waals surface area contributed by atoms with Gasteiger partial charge in [-0.3, -0.25) is 0 Å². The molecule has 0 bridgehead atoms. The molecule has 0 aromatic carbocycles. The molecule has 24 heavy (non-hydrogen) atoms.